The van der Waals surface area contributed by atoms with Crippen molar-refractivity contribution in [2.24, 2.45) is 0 Å². The number of nitrogens with zero attached hydrogens (tertiary/aromatic N) is 1. The largest absolute Gasteiger partial charge is 0.465 e. The summed E-state index contributed by atoms with van der Waals surface area (Å²) in [6.45, 7) is 2.02. The Kier molecular flexibility index (Phi) is 7.48. The minimum atomic E-state index is -1.01. The Bertz CT molecular complexity index is 852. The van der Waals surface area contributed by atoms with Crippen molar-refractivity contribution in [2.45, 2.75) is 31.8 Å². The lowest BCUT2D eigenvalue weighted by Crippen LogP contribution is -2.46. The van der Waals surface area contributed by atoms with Gasteiger partial charge in [0.1, 0.15) is 5.82 Å². The topological polar surface area (TPSA) is 93.7 Å². The first-order valence-electron chi connectivity index (χ1n) is 10.1. The molecule has 2 aromatic rings. The highest BCUT2D eigenvalue weighted by atomic mass is 19.1. The molecule has 0 saturated carbocycles. The zero-order valence-electron chi connectivity index (χ0n) is 16.7. The predicted octanol–water partition coefficient (Wildman–Crippen LogP) is 3.42. The molecule has 1 heterocycles. The first kappa shape index (κ1) is 21.4. The summed E-state index contributed by atoms with van der Waals surface area (Å²) in [5.74, 6) is -0.307. The van der Waals surface area contributed by atoms with Gasteiger partial charge >= 0.3 is 12.1 Å². The van der Waals surface area contributed by atoms with Gasteiger partial charge in [0.15, 0.2) is 0 Å². The highest BCUT2D eigenvalue weighted by Crippen LogP contribution is 2.18. The maximum atomic E-state index is 13.2. The molecule has 4 N–H and O–H groups in total. The molecule has 0 bridgehead atoms. The molecule has 8 heteroatoms. The first-order chi connectivity index (χ1) is 14.5. The van der Waals surface area contributed by atoms with Crippen LogP contribution in [-0.4, -0.2) is 47.8 Å². The van der Waals surface area contributed by atoms with Gasteiger partial charge in [-0.3, -0.25) is 0 Å². The predicted molar refractivity (Wildman–Crippen MR) is 113 cm³/mol. The monoisotopic (exact) mass is 414 g/mol. The number of rotatable bonds is 7. The van der Waals surface area contributed by atoms with E-state index in [-0.39, 0.29) is 17.9 Å². The Morgan fingerprint density at radius 1 is 1.03 bits per heavy atom. The number of carbonyl (C=O) groups is 2. The molecule has 1 aliphatic heterocycles. The number of halogens is 1. The molecule has 0 atom stereocenters. The maximum absolute atomic E-state index is 13.2. The van der Waals surface area contributed by atoms with Gasteiger partial charge in [0.05, 0.1) is 0 Å². The minimum absolute atomic E-state index is 0.128. The number of piperidine rings is 1. The molecule has 0 aromatic heterocycles. The van der Waals surface area contributed by atoms with Gasteiger partial charge in [-0.15, -0.1) is 0 Å². The maximum Gasteiger partial charge on any atom is 0.404 e. The SMILES string of the molecule is O=C(O)NCCc1ccc(NC2CCN(C(=O)NCc3cccc(F)c3)CC2)cc1. The number of carboxylic acid groups (broad SMARTS) is 1. The molecule has 1 aliphatic rings. The van der Waals surface area contributed by atoms with E-state index < -0.39 is 6.09 Å². The van der Waals surface area contributed by atoms with Crippen LogP contribution in [-0.2, 0) is 13.0 Å². The second-order valence-corrected chi connectivity index (χ2v) is 7.37. The van der Waals surface area contributed by atoms with E-state index >= 15 is 0 Å². The van der Waals surface area contributed by atoms with Crippen LogP contribution in [0.15, 0.2) is 48.5 Å². The summed E-state index contributed by atoms with van der Waals surface area (Å²) >= 11 is 0. The summed E-state index contributed by atoms with van der Waals surface area (Å²) in [6.07, 6.45) is 1.33. The third kappa shape index (κ3) is 6.65. The van der Waals surface area contributed by atoms with Crippen molar-refractivity contribution in [1.82, 2.24) is 15.5 Å². The summed E-state index contributed by atoms with van der Waals surface area (Å²) < 4.78 is 13.2. The van der Waals surface area contributed by atoms with E-state index in [4.69, 9.17) is 5.11 Å². The van der Waals surface area contributed by atoms with Crippen molar-refractivity contribution in [1.29, 1.82) is 0 Å². The van der Waals surface area contributed by atoms with Crippen molar-refractivity contribution in [3.63, 3.8) is 0 Å². The quantitative estimate of drug-likeness (QED) is 0.559. The van der Waals surface area contributed by atoms with Gasteiger partial charge in [0.2, 0.25) is 0 Å². The van der Waals surface area contributed by atoms with E-state index in [9.17, 15) is 14.0 Å². The zero-order valence-corrected chi connectivity index (χ0v) is 16.7. The van der Waals surface area contributed by atoms with Crippen LogP contribution in [0.1, 0.15) is 24.0 Å². The van der Waals surface area contributed by atoms with Gasteiger partial charge in [-0.25, -0.2) is 14.0 Å². The number of benzene rings is 2. The lowest BCUT2D eigenvalue weighted by molar-refractivity contribution is 0.183. The number of likely N-dealkylation sites (tertiary alicyclic amines) is 1. The number of urea groups is 1. The van der Waals surface area contributed by atoms with E-state index in [1.807, 2.05) is 24.3 Å². The number of nitrogens with one attached hydrogen (secondary N) is 3. The summed E-state index contributed by atoms with van der Waals surface area (Å²) in [6, 6.07) is 14.3. The Hall–Kier alpha value is -3.29. The Balaban J connectivity index is 1.38. The summed E-state index contributed by atoms with van der Waals surface area (Å²) in [4.78, 5) is 24.6. The standard InChI is InChI=1S/C22H27FN4O3/c23-18-3-1-2-17(14-18)15-25-21(28)27-12-9-20(10-13-27)26-19-6-4-16(5-7-19)8-11-24-22(29)30/h1-7,14,20,24,26H,8-13,15H2,(H,25,28)(H,29,30). The van der Waals surface area contributed by atoms with E-state index in [2.05, 4.69) is 16.0 Å². The van der Waals surface area contributed by atoms with E-state index in [0.717, 1.165) is 29.7 Å². The highest BCUT2D eigenvalue weighted by Gasteiger charge is 2.22. The van der Waals surface area contributed by atoms with E-state index in [0.29, 0.717) is 32.6 Å². The first-order valence-corrected chi connectivity index (χ1v) is 10.1. The smallest absolute Gasteiger partial charge is 0.404 e. The summed E-state index contributed by atoms with van der Waals surface area (Å²) in [5, 5.41) is 17.3. The molecule has 0 radical (unpaired) electrons. The average Bonchev–Trinajstić information content (AvgIpc) is 2.74. The molecule has 2 aromatic carbocycles. The number of amides is 3. The fourth-order valence-corrected chi connectivity index (χ4v) is 3.48. The van der Waals surface area contributed by atoms with Crippen molar-refractivity contribution < 1.29 is 19.1 Å². The lowest BCUT2D eigenvalue weighted by atomic mass is 10.0. The molecular formula is C22H27FN4O3. The van der Waals surface area contributed by atoms with Crippen LogP contribution in [0.3, 0.4) is 0 Å². The van der Waals surface area contributed by atoms with Gasteiger partial charge < -0.3 is 26.0 Å². The molecule has 0 unspecified atom stereocenters. The average molecular weight is 414 g/mol. The molecular weight excluding hydrogens is 387 g/mol. The Labute approximate surface area is 175 Å². The molecule has 0 aliphatic carbocycles. The number of hydrogen-bond donors (Lipinski definition) is 4. The van der Waals surface area contributed by atoms with Crippen LogP contribution in [0.25, 0.3) is 0 Å². The number of anilines is 1. The van der Waals surface area contributed by atoms with Crippen LogP contribution in [0, 0.1) is 5.82 Å². The highest BCUT2D eigenvalue weighted by molar-refractivity contribution is 5.74. The van der Waals surface area contributed by atoms with Crippen LogP contribution >= 0.6 is 0 Å². The van der Waals surface area contributed by atoms with Gasteiger partial charge in [-0.05, 0) is 54.7 Å². The fourth-order valence-electron chi connectivity index (χ4n) is 3.48. The molecule has 3 rings (SSSR count). The molecule has 3 amide bonds. The zero-order chi connectivity index (χ0) is 21.3. The summed E-state index contributed by atoms with van der Waals surface area (Å²) in [7, 11) is 0. The Morgan fingerprint density at radius 3 is 2.43 bits per heavy atom. The van der Waals surface area contributed by atoms with Gasteiger partial charge in [-0.1, -0.05) is 24.3 Å². The van der Waals surface area contributed by atoms with Crippen molar-refractivity contribution >= 4 is 17.8 Å². The third-order valence-electron chi connectivity index (χ3n) is 5.13. The number of carbonyl (C=O) groups excluding carboxylic acids is 1. The van der Waals surface area contributed by atoms with Crippen molar-refractivity contribution in [3.8, 4) is 0 Å². The van der Waals surface area contributed by atoms with Crippen molar-refractivity contribution in [2.75, 3.05) is 25.0 Å². The minimum Gasteiger partial charge on any atom is -0.465 e. The number of hydrogen-bond acceptors (Lipinski definition) is 3. The van der Waals surface area contributed by atoms with Crippen molar-refractivity contribution in [3.05, 3.63) is 65.5 Å². The van der Waals surface area contributed by atoms with Gasteiger partial charge in [0, 0.05) is 37.9 Å². The van der Waals surface area contributed by atoms with Crippen LogP contribution < -0.4 is 16.0 Å². The lowest BCUT2D eigenvalue weighted by Gasteiger charge is -2.33. The molecule has 30 heavy (non-hydrogen) atoms. The second kappa shape index (κ2) is 10.5. The molecule has 1 saturated heterocycles. The molecule has 0 spiro atoms. The van der Waals surface area contributed by atoms with Crippen LogP contribution in [0.5, 0.6) is 0 Å². The normalized spacial score (nSPS) is 14.2. The molecule has 7 nitrogen and oxygen atoms in total. The second-order valence-electron chi connectivity index (χ2n) is 7.37. The Morgan fingerprint density at radius 2 is 1.77 bits per heavy atom. The van der Waals surface area contributed by atoms with E-state index in [1.165, 1.54) is 12.1 Å². The fraction of sp³-hybridized carbons (Fsp3) is 0.364. The van der Waals surface area contributed by atoms with Gasteiger partial charge in [0.25, 0.3) is 0 Å². The van der Waals surface area contributed by atoms with E-state index in [1.54, 1.807) is 17.0 Å². The summed E-state index contributed by atoms with van der Waals surface area (Å²) in [5.41, 5.74) is 2.82. The van der Waals surface area contributed by atoms with Crippen LogP contribution in [0.4, 0.5) is 19.7 Å². The molecule has 160 valence electrons. The van der Waals surface area contributed by atoms with Crippen LogP contribution in [0.2, 0.25) is 0 Å². The van der Waals surface area contributed by atoms with Gasteiger partial charge in [-0.2, -0.15) is 0 Å². The molecule has 1 fully saturated rings. The third-order valence-corrected chi connectivity index (χ3v) is 5.13.